The molecule has 132 valence electrons. The molecule has 0 atom stereocenters. The molecule has 7 heteroatoms. The van der Waals surface area contributed by atoms with Gasteiger partial charge in [0.15, 0.2) is 5.96 Å². The molecule has 0 spiro atoms. The monoisotopic (exact) mass is 461 g/mol. The Labute approximate surface area is 164 Å². The average molecular weight is 461 g/mol. The van der Waals surface area contributed by atoms with E-state index in [0.717, 1.165) is 24.0 Å². The van der Waals surface area contributed by atoms with Crippen molar-refractivity contribution in [1.29, 1.82) is 0 Å². The number of hydrogen-bond acceptors (Lipinski definition) is 4. The number of hydrogen-bond donors (Lipinski definition) is 2. The molecule has 2 aromatic rings. The fraction of sp³-hybridized carbons (Fsp3) is 0.353. The number of aliphatic imine (C=N–C) groups is 1. The SMILES string of the molecule is CCNC(=NCc1cccs1)NCCOc1cccc(OC)c1.I. The molecule has 0 saturated carbocycles. The Morgan fingerprint density at radius 1 is 1.17 bits per heavy atom. The lowest BCUT2D eigenvalue weighted by molar-refractivity contribution is 0.319. The zero-order chi connectivity index (χ0) is 16.3. The molecule has 24 heavy (non-hydrogen) atoms. The van der Waals surface area contributed by atoms with Crippen molar-refractivity contribution in [3.63, 3.8) is 0 Å². The van der Waals surface area contributed by atoms with Gasteiger partial charge in [0.05, 0.1) is 20.2 Å². The summed E-state index contributed by atoms with van der Waals surface area (Å²) < 4.78 is 10.9. The number of halogens is 1. The summed E-state index contributed by atoms with van der Waals surface area (Å²) in [5, 5.41) is 8.56. The third-order valence-corrected chi connectivity index (χ3v) is 3.88. The molecule has 0 aliphatic carbocycles. The van der Waals surface area contributed by atoms with E-state index in [9.17, 15) is 0 Å². The van der Waals surface area contributed by atoms with Gasteiger partial charge in [0, 0.05) is 17.5 Å². The molecule has 0 saturated heterocycles. The van der Waals surface area contributed by atoms with Crippen LogP contribution in [0.2, 0.25) is 0 Å². The summed E-state index contributed by atoms with van der Waals surface area (Å²) >= 11 is 1.71. The van der Waals surface area contributed by atoms with Gasteiger partial charge in [-0.1, -0.05) is 12.1 Å². The molecule has 2 N–H and O–H groups in total. The minimum Gasteiger partial charge on any atom is -0.497 e. The number of methoxy groups -OCH3 is 1. The third-order valence-electron chi connectivity index (χ3n) is 3.02. The highest BCUT2D eigenvalue weighted by Crippen LogP contribution is 2.18. The highest BCUT2D eigenvalue weighted by molar-refractivity contribution is 14.0. The van der Waals surface area contributed by atoms with Crippen LogP contribution in [0.25, 0.3) is 0 Å². The van der Waals surface area contributed by atoms with Crippen molar-refractivity contribution < 1.29 is 9.47 Å². The zero-order valence-corrected chi connectivity index (χ0v) is 17.1. The molecule has 1 heterocycles. The molecule has 1 aromatic heterocycles. The second-order valence-corrected chi connectivity index (χ2v) is 5.76. The van der Waals surface area contributed by atoms with E-state index in [2.05, 4.69) is 34.0 Å². The Bertz CT molecular complexity index is 606. The lowest BCUT2D eigenvalue weighted by Gasteiger charge is -2.12. The first-order valence-corrected chi connectivity index (χ1v) is 8.51. The lowest BCUT2D eigenvalue weighted by Crippen LogP contribution is -2.39. The van der Waals surface area contributed by atoms with Crippen LogP contribution in [0.1, 0.15) is 11.8 Å². The molecular weight excluding hydrogens is 437 g/mol. The molecule has 0 bridgehead atoms. The van der Waals surface area contributed by atoms with Crippen molar-refractivity contribution in [2.24, 2.45) is 4.99 Å². The van der Waals surface area contributed by atoms with Crippen LogP contribution in [0.5, 0.6) is 11.5 Å². The van der Waals surface area contributed by atoms with Crippen LogP contribution in [0.3, 0.4) is 0 Å². The summed E-state index contributed by atoms with van der Waals surface area (Å²) in [6, 6.07) is 11.7. The summed E-state index contributed by atoms with van der Waals surface area (Å²) in [4.78, 5) is 5.80. The second-order valence-electron chi connectivity index (χ2n) is 4.73. The van der Waals surface area contributed by atoms with Crippen LogP contribution in [0, 0.1) is 0 Å². The Morgan fingerprint density at radius 3 is 2.71 bits per heavy atom. The van der Waals surface area contributed by atoms with Gasteiger partial charge in [-0.15, -0.1) is 35.3 Å². The van der Waals surface area contributed by atoms with Gasteiger partial charge >= 0.3 is 0 Å². The molecule has 5 nitrogen and oxygen atoms in total. The standard InChI is InChI=1S/C17H23N3O2S.HI/c1-3-18-17(20-13-16-8-5-11-23-16)19-9-10-22-15-7-4-6-14(12-15)21-2;/h4-8,11-12H,3,9-10,13H2,1-2H3,(H2,18,19,20);1H. The van der Waals surface area contributed by atoms with Gasteiger partial charge in [0.1, 0.15) is 18.1 Å². The van der Waals surface area contributed by atoms with E-state index in [1.54, 1.807) is 18.4 Å². The maximum Gasteiger partial charge on any atom is 0.191 e. The summed E-state index contributed by atoms with van der Waals surface area (Å²) in [5.74, 6) is 2.39. The predicted octanol–water partition coefficient (Wildman–Crippen LogP) is 3.51. The van der Waals surface area contributed by atoms with Crippen LogP contribution in [0.15, 0.2) is 46.8 Å². The number of nitrogens with zero attached hydrogens (tertiary/aromatic N) is 1. The van der Waals surface area contributed by atoms with Gasteiger partial charge in [-0.2, -0.15) is 0 Å². The maximum absolute atomic E-state index is 5.70. The number of benzene rings is 1. The first kappa shape index (κ1) is 20.6. The highest BCUT2D eigenvalue weighted by Gasteiger charge is 1.99. The smallest absolute Gasteiger partial charge is 0.191 e. The summed E-state index contributed by atoms with van der Waals surface area (Å²) in [6.07, 6.45) is 0. The Hall–Kier alpha value is -1.48. The van der Waals surface area contributed by atoms with Gasteiger partial charge in [0.2, 0.25) is 0 Å². The first-order chi connectivity index (χ1) is 11.3. The highest BCUT2D eigenvalue weighted by atomic mass is 127. The average Bonchev–Trinajstić information content (AvgIpc) is 3.10. The molecule has 1 aromatic carbocycles. The predicted molar refractivity (Wildman–Crippen MR) is 111 cm³/mol. The number of rotatable bonds is 8. The van der Waals surface area contributed by atoms with Gasteiger partial charge < -0.3 is 20.1 Å². The maximum atomic E-state index is 5.70. The van der Waals surface area contributed by atoms with Crippen LogP contribution >= 0.6 is 35.3 Å². The normalized spacial score (nSPS) is 10.7. The van der Waals surface area contributed by atoms with Crippen molar-refractivity contribution in [1.82, 2.24) is 10.6 Å². The molecule has 0 fully saturated rings. The quantitative estimate of drug-likeness (QED) is 0.274. The Kier molecular flexibility index (Phi) is 10.3. The zero-order valence-electron chi connectivity index (χ0n) is 14.0. The topological polar surface area (TPSA) is 54.9 Å². The van der Waals surface area contributed by atoms with E-state index < -0.39 is 0 Å². The third kappa shape index (κ3) is 7.39. The van der Waals surface area contributed by atoms with Crippen molar-refractivity contribution in [3.05, 3.63) is 46.7 Å². The van der Waals surface area contributed by atoms with Crippen LogP contribution in [-0.2, 0) is 6.54 Å². The van der Waals surface area contributed by atoms with Gasteiger partial charge in [-0.05, 0) is 30.5 Å². The number of guanidine groups is 1. The summed E-state index contributed by atoms with van der Waals surface area (Å²) in [6.45, 7) is 4.79. The van der Waals surface area contributed by atoms with Crippen LogP contribution < -0.4 is 20.1 Å². The van der Waals surface area contributed by atoms with E-state index in [0.29, 0.717) is 19.7 Å². The molecule has 0 aliphatic heterocycles. The molecule has 0 aliphatic rings. The largest absolute Gasteiger partial charge is 0.497 e. The number of nitrogens with one attached hydrogen (secondary N) is 2. The number of thiophene rings is 1. The first-order valence-electron chi connectivity index (χ1n) is 7.63. The fourth-order valence-corrected chi connectivity index (χ4v) is 2.56. The van der Waals surface area contributed by atoms with Crippen molar-refractivity contribution in [2.45, 2.75) is 13.5 Å². The van der Waals surface area contributed by atoms with E-state index >= 15 is 0 Å². The summed E-state index contributed by atoms with van der Waals surface area (Å²) in [5.41, 5.74) is 0. The van der Waals surface area contributed by atoms with E-state index in [4.69, 9.17) is 9.47 Å². The van der Waals surface area contributed by atoms with E-state index in [-0.39, 0.29) is 24.0 Å². The Balaban J connectivity index is 0.00000288. The molecule has 2 rings (SSSR count). The lowest BCUT2D eigenvalue weighted by atomic mass is 10.3. The van der Waals surface area contributed by atoms with Gasteiger partial charge in [-0.25, -0.2) is 4.99 Å². The van der Waals surface area contributed by atoms with Crippen LogP contribution in [-0.4, -0.2) is 32.8 Å². The van der Waals surface area contributed by atoms with E-state index in [1.165, 1.54) is 4.88 Å². The minimum absolute atomic E-state index is 0. The van der Waals surface area contributed by atoms with Crippen molar-refractivity contribution in [3.8, 4) is 11.5 Å². The second kappa shape index (κ2) is 12.0. The fourth-order valence-electron chi connectivity index (χ4n) is 1.93. The summed E-state index contributed by atoms with van der Waals surface area (Å²) in [7, 11) is 1.65. The Morgan fingerprint density at radius 2 is 2.00 bits per heavy atom. The van der Waals surface area contributed by atoms with E-state index in [1.807, 2.05) is 30.3 Å². The van der Waals surface area contributed by atoms with Gasteiger partial charge in [-0.3, -0.25) is 0 Å². The molecule has 0 amide bonds. The van der Waals surface area contributed by atoms with Gasteiger partial charge in [0.25, 0.3) is 0 Å². The van der Waals surface area contributed by atoms with Crippen LogP contribution in [0.4, 0.5) is 0 Å². The van der Waals surface area contributed by atoms with Crippen molar-refractivity contribution >= 4 is 41.3 Å². The molecule has 0 unspecified atom stereocenters. The molecule has 0 radical (unpaired) electrons. The number of ether oxygens (including phenoxy) is 2. The molecular formula is C17H24IN3O2S. The minimum atomic E-state index is 0. The van der Waals surface area contributed by atoms with Crippen molar-refractivity contribution in [2.75, 3.05) is 26.8 Å².